The Morgan fingerprint density at radius 1 is 1.47 bits per heavy atom. The molecule has 0 aliphatic rings. The van der Waals surface area contributed by atoms with Crippen molar-refractivity contribution in [2.24, 2.45) is 5.92 Å². The Morgan fingerprint density at radius 2 is 2.16 bits per heavy atom. The molecule has 0 bridgehead atoms. The van der Waals surface area contributed by atoms with Crippen LogP contribution in [-0.2, 0) is 4.79 Å². The number of urea groups is 1. The van der Waals surface area contributed by atoms with Crippen molar-refractivity contribution in [1.82, 2.24) is 5.32 Å². The summed E-state index contributed by atoms with van der Waals surface area (Å²) in [5.74, 6) is -1.17. The van der Waals surface area contributed by atoms with Gasteiger partial charge in [-0.1, -0.05) is 18.5 Å². The van der Waals surface area contributed by atoms with Gasteiger partial charge in [0, 0.05) is 18.3 Å². The molecule has 19 heavy (non-hydrogen) atoms. The van der Waals surface area contributed by atoms with Crippen molar-refractivity contribution in [2.45, 2.75) is 6.92 Å². The Kier molecular flexibility index (Phi) is 5.44. The van der Waals surface area contributed by atoms with E-state index in [-0.39, 0.29) is 6.54 Å². The van der Waals surface area contributed by atoms with Crippen LogP contribution in [-0.4, -0.2) is 30.8 Å². The smallest absolute Gasteiger partial charge is 0.319 e. The molecule has 104 valence electrons. The Hall–Kier alpha value is -1.95. The fourth-order valence-electron chi connectivity index (χ4n) is 1.25. The molecule has 0 aliphatic carbocycles. The molecule has 2 amide bonds. The van der Waals surface area contributed by atoms with Crippen LogP contribution in [0.4, 0.5) is 10.5 Å². The van der Waals surface area contributed by atoms with Gasteiger partial charge in [-0.3, -0.25) is 4.79 Å². The van der Waals surface area contributed by atoms with Crippen LogP contribution in [0.3, 0.4) is 0 Å². The molecule has 1 aromatic rings. The largest absolute Gasteiger partial charge is 0.495 e. The number of hydrogen-bond donors (Lipinski definition) is 3. The molecule has 0 heterocycles. The number of carboxylic acids is 1. The summed E-state index contributed by atoms with van der Waals surface area (Å²) in [4.78, 5) is 22.1. The summed E-state index contributed by atoms with van der Waals surface area (Å²) in [6, 6.07) is 4.29. The van der Waals surface area contributed by atoms with Crippen molar-refractivity contribution in [2.75, 3.05) is 19.0 Å². The molecule has 0 saturated carbocycles. The number of benzene rings is 1. The van der Waals surface area contributed by atoms with Crippen LogP contribution in [0.2, 0.25) is 5.02 Å². The number of nitrogens with one attached hydrogen (secondary N) is 2. The summed E-state index contributed by atoms with van der Waals surface area (Å²) in [6.07, 6.45) is 0. The lowest BCUT2D eigenvalue weighted by molar-refractivity contribution is -0.140. The third kappa shape index (κ3) is 4.67. The fourth-order valence-corrected chi connectivity index (χ4v) is 1.44. The molecule has 0 aliphatic heterocycles. The van der Waals surface area contributed by atoms with Crippen molar-refractivity contribution in [3.8, 4) is 5.75 Å². The summed E-state index contributed by atoms with van der Waals surface area (Å²) in [5, 5.41) is 14.1. The van der Waals surface area contributed by atoms with Crippen LogP contribution in [0, 0.1) is 5.92 Å². The number of aliphatic carboxylic acids is 1. The van der Waals surface area contributed by atoms with Gasteiger partial charge in [-0.15, -0.1) is 0 Å². The van der Waals surface area contributed by atoms with Crippen LogP contribution in [0.25, 0.3) is 0 Å². The quantitative estimate of drug-likeness (QED) is 0.774. The van der Waals surface area contributed by atoms with E-state index in [1.165, 1.54) is 14.0 Å². The molecule has 0 saturated heterocycles. The monoisotopic (exact) mass is 286 g/mol. The molecule has 1 unspecified atom stereocenters. The minimum Gasteiger partial charge on any atom is -0.495 e. The van der Waals surface area contributed by atoms with Crippen LogP contribution in [0.15, 0.2) is 18.2 Å². The Morgan fingerprint density at radius 3 is 2.74 bits per heavy atom. The number of ether oxygens (including phenoxy) is 1. The zero-order valence-electron chi connectivity index (χ0n) is 10.6. The molecular weight excluding hydrogens is 272 g/mol. The van der Waals surface area contributed by atoms with Crippen molar-refractivity contribution in [3.63, 3.8) is 0 Å². The maximum atomic E-state index is 11.5. The maximum Gasteiger partial charge on any atom is 0.319 e. The minimum absolute atomic E-state index is 0.0475. The van der Waals surface area contributed by atoms with Crippen molar-refractivity contribution >= 4 is 29.3 Å². The fraction of sp³-hybridized carbons (Fsp3) is 0.333. The highest BCUT2D eigenvalue weighted by Gasteiger charge is 2.12. The lowest BCUT2D eigenvalue weighted by Crippen LogP contribution is -2.34. The van der Waals surface area contributed by atoms with Gasteiger partial charge in [-0.05, 0) is 12.1 Å². The number of amides is 2. The van der Waals surface area contributed by atoms with Crippen LogP contribution in [0.1, 0.15) is 6.92 Å². The number of anilines is 1. The molecule has 1 aromatic carbocycles. The van der Waals surface area contributed by atoms with Gasteiger partial charge < -0.3 is 20.5 Å². The third-order valence-electron chi connectivity index (χ3n) is 2.40. The van der Waals surface area contributed by atoms with Gasteiger partial charge >= 0.3 is 12.0 Å². The first-order chi connectivity index (χ1) is 8.93. The van der Waals surface area contributed by atoms with E-state index < -0.39 is 17.9 Å². The summed E-state index contributed by atoms with van der Waals surface area (Å²) in [7, 11) is 1.47. The summed E-state index contributed by atoms with van der Waals surface area (Å²) in [6.45, 7) is 1.56. The van der Waals surface area contributed by atoms with Gasteiger partial charge in [-0.25, -0.2) is 4.79 Å². The zero-order chi connectivity index (χ0) is 14.4. The van der Waals surface area contributed by atoms with Gasteiger partial charge in [0.05, 0.1) is 18.1 Å². The number of hydrogen-bond acceptors (Lipinski definition) is 3. The molecule has 1 rings (SSSR count). The number of carboxylic acid groups (broad SMARTS) is 1. The third-order valence-corrected chi connectivity index (χ3v) is 2.71. The number of carbonyl (C=O) groups excluding carboxylic acids is 1. The van der Waals surface area contributed by atoms with Gasteiger partial charge in [0.15, 0.2) is 0 Å². The predicted octanol–water partition coefficient (Wildman–Crippen LogP) is 2.19. The minimum atomic E-state index is -0.964. The molecule has 3 N–H and O–H groups in total. The second kappa shape index (κ2) is 6.84. The highest BCUT2D eigenvalue weighted by atomic mass is 35.5. The number of methoxy groups -OCH3 is 1. The normalized spacial score (nSPS) is 11.5. The molecular formula is C12H15ClN2O4. The van der Waals surface area contributed by atoms with Gasteiger partial charge in [0.25, 0.3) is 0 Å². The van der Waals surface area contributed by atoms with Crippen molar-refractivity contribution < 1.29 is 19.4 Å². The van der Waals surface area contributed by atoms with Crippen molar-refractivity contribution in [1.29, 1.82) is 0 Å². The first kappa shape index (κ1) is 15.1. The van der Waals surface area contributed by atoms with Crippen LogP contribution >= 0.6 is 11.6 Å². The zero-order valence-corrected chi connectivity index (χ0v) is 11.3. The first-order valence-corrected chi connectivity index (χ1v) is 5.93. The second-order valence-corrected chi connectivity index (χ2v) is 4.33. The number of rotatable bonds is 5. The van der Waals surface area contributed by atoms with Crippen LogP contribution < -0.4 is 15.4 Å². The Balaban J connectivity index is 2.55. The molecule has 0 aromatic heterocycles. The van der Waals surface area contributed by atoms with E-state index in [0.29, 0.717) is 16.5 Å². The van der Waals surface area contributed by atoms with E-state index in [4.69, 9.17) is 21.4 Å². The topological polar surface area (TPSA) is 87.7 Å². The lowest BCUT2D eigenvalue weighted by atomic mass is 10.2. The van der Waals surface area contributed by atoms with E-state index in [1.807, 2.05) is 0 Å². The van der Waals surface area contributed by atoms with Gasteiger partial charge in [0.2, 0.25) is 0 Å². The van der Waals surface area contributed by atoms with Gasteiger partial charge in [-0.2, -0.15) is 0 Å². The standard InChI is InChI=1S/C12H15ClN2O4/c1-7(11(16)17)6-14-12(18)15-8-3-4-9(13)10(5-8)19-2/h3-5,7H,6H2,1-2H3,(H,16,17)(H2,14,15,18). The predicted molar refractivity (Wildman–Crippen MR) is 71.8 cm³/mol. The molecule has 7 heteroatoms. The molecule has 6 nitrogen and oxygen atoms in total. The van der Waals surface area contributed by atoms with E-state index in [1.54, 1.807) is 18.2 Å². The average Bonchev–Trinajstić information content (AvgIpc) is 2.38. The molecule has 0 fully saturated rings. The maximum absolute atomic E-state index is 11.5. The first-order valence-electron chi connectivity index (χ1n) is 5.55. The average molecular weight is 287 g/mol. The summed E-state index contributed by atoms with van der Waals surface area (Å²) >= 11 is 5.85. The SMILES string of the molecule is COc1cc(NC(=O)NCC(C)C(=O)O)ccc1Cl. The highest BCUT2D eigenvalue weighted by Crippen LogP contribution is 2.27. The van der Waals surface area contributed by atoms with Crippen molar-refractivity contribution in [3.05, 3.63) is 23.2 Å². The Labute approximate surface area is 115 Å². The number of halogens is 1. The number of carbonyl (C=O) groups is 2. The van der Waals surface area contributed by atoms with E-state index in [0.717, 1.165) is 0 Å². The summed E-state index contributed by atoms with van der Waals surface area (Å²) < 4.78 is 5.02. The molecule has 0 spiro atoms. The molecule has 1 atom stereocenters. The molecule has 0 radical (unpaired) electrons. The summed E-state index contributed by atoms with van der Waals surface area (Å²) in [5.41, 5.74) is 0.502. The lowest BCUT2D eigenvalue weighted by Gasteiger charge is -2.11. The van der Waals surface area contributed by atoms with Crippen LogP contribution in [0.5, 0.6) is 5.75 Å². The Bertz CT molecular complexity index is 479. The second-order valence-electron chi connectivity index (χ2n) is 3.92. The van der Waals surface area contributed by atoms with E-state index in [2.05, 4.69) is 10.6 Å². The van der Waals surface area contributed by atoms with E-state index in [9.17, 15) is 9.59 Å². The van der Waals surface area contributed by atoms with Gasteiger partial charge in [0.1, 0.15) is 5.75 Å². The van der Waals surface area contributed by atoms with E-state index >= 15 is 0 Å². The highest BCUT2D eigenvalue weighted by molar-refractivity contribution is 6.32.